The first-order valence-corrected chi connectivity index (χ1v) is 9.64. The van der Waals surface area contributed by atoms with Gasteiger partial charge in [0.1, 0.15) is 0 Å². The summed E-state index contributed by atoms with van der Waals surface area (Å²) in [6.45, 7) is 15.1. The summed E-state index contributed by atoms with van der Waals surface area (Å²) >= 11 is 0. The standard InChI is InChI=1S/C18H36N4O.HI/c1-4-10-21-11-7-16(15-21)14-20-18(19-5-2)22-12-8-17(9-13-22)23-6-3;/h16-17H,4-15H2,1-3H3,(H,19,20);1H. The number of guanidine groups is 1. The number of nitrogens with zero attached hydrogens (tertiary/aromatic N) is 3. The highest BCUT2D eigenvalue weighted by Gasteiger charge is 2.24. The molecule has 2 saturated heterocycles. The van der Waals surface area contributed by atoms with Gasteiger partial charge in [-0.2, -0.15) is 0 Å². The molecule has 1 N–H and O–H groups in total. The number of nitrogens with one attached hydrogen (secondary N) is 1. The predicted octanol–water partition coefficient (Wildman–Crippen LogP) is 2.80. The summed E-state index contributed by atoms with van der Waals surface area (Å²) in [5.41, 5.74) is 0. The van der Waals surface area contributed by atoms with E-state index in [1.807, 2.05) is 0 Å². The molecule has 5 nitrogen and oxygen atoms in total. The third kappa shape index (κ3) is 7.04. The number of likely N-dealkylation sites (tertiary alicyclic amines) is 2. The van der Waals surface area contributed by atoms with Gasteiger partial charge in [0.2, 0.25) is 0 Å². The van der Waals surface area contributed by atoms with Gasteiger partial charge in [0.25, 0.3) is 0 Å². The molecule has 0 saturated carbocycles. The van der Waals surface area contributed by atoms with Crippen LogP contribution in [0.1, 0.15) is 46.5 Å². The minimum atomic E-state index is 0. The Morgan fingerprint density at radius 1 is 1.12 bits per heavy atom. The van der Waals surface area contributed by atoms with Crippen molar-refractivity contribution in [3.63, 3.8) is 0 Å². The smallest absolute Gasteiger partial charge is 0.193 e. The van der Waals surface area contributed by atoms with Crippen molar-refractivity contribution in [1.82, 2.24) is 15.1 Å². The number of hydrogen-bond donors (Lipinski definition) is 1. The molecule has 24 heavy (non-hydrogen) atoms. The van der Waals surface area contributed by atoms with Crippen LogP contribution in [0.3, 0.4) is 0 Å². The Morgan fingerprint density at radius 3 is 2.50 bits per heavy atom. The first-order chi connectivity index (χ1) is 11.3. The fourth-order valence-corrected chi connectivity index (χ4v) is 3.69. The molecule has 6 heteroatoms. The van der Waals surface area contributed by atoms with Crippen LogP contribution in [-0.2, 0) is 4.74 Å². The summed E-state index contributed by atoms with van der Waals surface area (Å²) in [5.74, 6) is 1.84. The van der Waals surface area contributed by atoms with Crippen molar-refractivity contribution >= 4 is 29.9 Å². The topological polar surface area (TPSA) is 40.1 Å². The van der Waals surface area contributed by atoms with E-state index in [1.54, 1.807) is 0 Å². The Labute approximate surface area is 165 Å². The van der Waals surface area contributed by atoms with Crippen LogP contribution >= 0.6 is 24.0 Å². The van der Waals surface area contributed by atoms with Crippen LogP contribution in [0.5, 0.6) is 0 Å². The second-order valence-electron chi connectivity index (χ2n) is 6.79. The van der Waals surface area contributed by atoms with E-state index < -0.39 is 0 Å². The lowest BCUT2D eigenvalue weighted by atomic mass is 10.1. The van der Waals surface area contributed by atoms with Gasteiger partial charge >= 0.3 is 0 Å². The van der Waals surface area contributed by atoms with Crippen LogP contribution in [0.2, 0.25) is 0 Å². The van der Waals surface area contributed by atoms with Gasteiger partial charge in [0, 0.05) is 39.3 Å². The molecule has 0 radical (unpaired) electrons. The normalized spacial score (nSPS) is 23.4. The van der Waals surface area contributed by atoms with Gasteiger partial charge in [-0.05, 0) is 58.5 Å². The lowest BCUT2D eigenvalue weighted by Crippen LogP contribution is -2.47. The molecule has 2 fully saturated rings. The number of halogens is 1. The Hall–Kier alpha value is -0.0800. The summed E-state index contributed by atoms with van der Waals surface area (Å²) in [6.07, 6.45) is 5.23. The average molecular weight is 452 g/mol. The number of aliphatic imine (C=N–C) groups is 1. The molecule has 0 aliphatic carbocycles. The maximum absolute atomic E-state index is 5.75. The van der Waals surface area contributed by atoms with E-state index in [2.05, 4.69) is 35.9 Å². The lowest BCUT2D eigenvalue weighted by Gasteiger charge is -2.34. The molecule has 0 aromatic rings. The molecule has 2 rings (SSSR count). The van der Waals surface area contributed by atoms with Crippen molar-refractivity contribution < 1.29 is 4.74 Å². The zero-order valence-electron chi connectivity index (χ0n) is 15.8. The van der Waals surface area contributed by atoms with E-state index in [9.17, 15) is 0 Å². The fraction of sp³-hybridized carbons (Fsp3) is 0.944. The third-order valence-electron chi connectivity index (χ3n) is 4.89. The number of rotatable bonds is 7. The van der Waals surface area contributed by atoms with Crippen LogP contribution in [0, 0.1) is 5.92 Å². The van der Waals surface area contributed by atoms with Gasteiger partial charge in [-0.25, -0.2) is 0 Å². The van der Waals surface area contributed by atoms with E-state index in [0.29, 0.717) is 6.10 Å². The van der Waals surface area contributed by atoms with Gasteiger partial charge in [-0.1, -0.05) is 6.92 Å². The van der Waals surface area contributed by atoms with Crippen LogP contribution < -0.4 is 5.32 Å². The molecule has 0 aromatic heterocycles. The number of ether oxygens (including phenoxy) is 1. The van der Waals surface area contributed by atoms with Crippen molar-refractivity contribution in [1.29, 1.82) is 0 Å². The summed E-state index contributed by atoms with van der Waals surface area (Å²) in [4.78, 5) is 9.95. The van der Waals surface area contributed by atoms with E-state index in [4.69, 9.17) is 9.73 Å². The Balaban J connectivity index is 0.00000288. The first kappa shape index (κ1) is 22.0. The zero-order chi connectivity index (χ0) is 16.5. The van der Waals surface area contributed by atoms with Crippen molar-refractivity contribution in [2.75, 3.05) is 52.4 Å². The zero-order valence-corrected chi connectivity index (χ0v) is 18.1. The molecule has 0 aromatic carbocycles. The summed E-state index contributed by atoms with van der Waals surface area (Å²) in [5, 5.41) is 3.48. The van der Waals surface area contributed by atoms with E-state index in [1.165, 1.54) is 32.5 Å². The molecule has 2 aliphatic rings. The van der Waals surface area contributed by atoms with Gasteiger partial charge < -0.3 is 19.9 Å². The third-order valence-corrected chi connectivity index (χ3v) is 4.89. The highest BCUT2D eigenvalue weighted by atomic mass is 127. The average Bonchev–Trinajstić information content (AvgIpc) is 3.01. The molecular formula is C18H37IN4O. The highest BCUT2D eigenvalue weighted by Crippen LogP contribution is 2.18. The van der Waals surface area contributed by atoms with Crippen LogP contribution in [0.15, 0.2) is 4.99 Å². The molecule has 0 bridgehead atoms. The SMILES string of the molecule is CCCN1CCC(CN=C(NCC)N2CCC(OCC)CC2)C1.I. The van der Waals surface area contributed by atoms with Gasteiger partial charge in [-0.15, -0.1) is 24.0 Å². The van der Waals surface area contributed by atoms with Crippen molar-refractivity contribution in [3.8, 4) is 0 Å². The summed E-state index contributed by atoms with van der Waals surface area (Å²) in [6, 6.07) is 0. The molecule has 0 amide bonds. The molecular weight excluding hydrogens is 415 g/mol. The Morgan fingerprint density at radius 2 is 1.88 bits per heavy atom. The number of hydrogen-bond acceptors (Lipinski definition) is 3. The maximum atomic E-state index is 5.75. The molecule has 1 unspecified atom stereocenters. The minimum absolute atomic E-state index is 0. The Kier molecular flexibility index (Phi) is 11.3. The van der Waals surface area contributed by atoms with E-state index in [-0.39, 0.29) is 24.0 Å². The van der Waals surface area contributed by atoms with Crippen LogP contribution in [0.25, 0.3) is 0 Å². The van der Waals surface area contributed by atoms with Crippen molar-refractivity contribution in [2.24, 2.45) is 10.9 Å². The van der Waals surface area contributed by atoms with E-state index in [0.717, 1.165) is 57.5 Å². The van der Waals surface area contributed by atoms with E-state index >= 15 is 0 Å². The Bertz CT molecular complexity index is 359. The first-order valence-electron chi connectivity index (χ1n) is 9.64. The fourth-order valence-electron chi connectivity index (χ4n) is 3.69. The van der Waals surface area contributed by atoms with Gasteiger partial charge in [-0.3, -0.25) is 4.99 Å². The maximum Gasteiger partial charge on any atom is 0.193 e. The molecule has 142 valence electrons. The summed E-state index contributed by atoms with van der Waals surface area (Å²) < 4.78 is 5.75. The van der Waals surface area contributed by atoms with Gasteiger partial charge in [0.15, 0.2) is 5.96 Å². The van der Waals surface area contributed by atoms with Crippen molar-refractivity contribution in [3.05, 3.63) is 0 Å². The second kappa shape index (κ2) is 12.3. The largest absolute Gasteiger partial charge is 0.378 e. The quantitative estimate of drug-likeness (QED) is 0.367. The minimum Gasteiger partial charge on any atom is -0.378 e. The van der Waals surface area contributed by atoms with Gasteiger partial charge in [0.05, 0.1) is 6.10 Å². The second-order valence-corrected chi connectivity index (χ2v) is 6.79. The lowest BCUT2D eigenvalue weighted by molar-refractivity contribution is 0.0263. The predicted molar refractivity (Wildman–Crippen MR) is 112 cm³/mol. The monoisotopic (exact) mass is 452 g/mol. The molecule has 1 atom stereocenters. The molecule has 0 spiro atoms. The highest BCUT2D eigenvalue weighted by molar-refractivity contribution is 14.0. The van der Waals surface area contributed by atoms with Crippen LogP contribution in [-0.4, -0.2) is 74.3 Å². The van der Waals surface area contributed by atoms with Crippen molar-refractivity contribution in [2.45, 2.75) is 52.6 Å². The summed E-state index contributed by atoms with van der Waals surface area (Å²) in [7, 11) is 0. The number of piperidine rings is 1. The molecule has 2 heterocycles. The molecule has 2 aliphatic heterocycles. The van der Waals surface area contributed by atoms with Crippen LogP contribution in [0.4, 0.5) is 0 Å².